The van der Waals surface area contributed by atoms with Gasteiger partial charge in [-0.25, -0.2) is 0 Å². The van der Waals surface area contributed by atoms with E-state index in [2.05, 4.69) is 60.8 Å². The molecule has 1 rings (SSSR count). The predicted molar refractivity (Wildman–Crippen MR) is 66.9 cm³/mol. The lowest BCUT2D eigenvalue weighted by Gasteiger charge is -2.56. The fourth-order valence-electron chi connectivity index (χ4n) is 4.77. The minimum Gasteiger partial charge on any atom is -0.328 e. The van der Waals surface area contributed by atoms with E-state index in [1.165, 1.54) is 13.1 Å². The van der Waals surface area contributed by atoms with E-state index in [1.807, 2.05) is 0 Å². The fourth-order valence-corrected chi connectivity index (χ4v) is 4.77. The van der Waals surface area contributed by atoms with E-state index in [-0.39, 0.29) is 0 Å². The maximum absolute atomic E-state index is 2.48. The SMILES string of the molecule is CN1CC(C)(C)C([N+](C)(C)C)C(C)(C)C1. The van der Waals surface area contributed by atoms with E-state index in [1.54, 1.807) is 0 Å². The molecular formula is C13H29N2+. The first-order chi connectivity index (χ1) is 6.47. The molecule has 0 bridgehead atoms. The Balaban J connectivity index is 3.09. The van der Waals surface area contributed by atoms with E-state index in [0.29, 0.717) is 16.9 Å². The average Bonchev–Trinajstić information content (AvgIpc) is 1.71. The van der Waals surface area contributed by atoms with Gasteiger partial charge < -0.3 is 9.38 Å². The van der Waals surface area contributed by atoms with Crippen LogP contribution in [0.5, 0.6) is 0 Å². The summed E-state index contributed by atoms with van der Waals surface area (Å²) in [6, 6.07) is 0.709. The first-order valence-electron chi connectivity index (χ1n) is 5.96. The molecule has 0 aliphatic carbocycles. The molecule has 2 heteroatoms. The molecule has 0 atom stereocenters. The first kappa shape index (κ1) is 13.0. The van der Waals surface area contributed by atoms with Crippen LogP contribution in [-0.2, 0) is 0 Å². The zero-order valence-electron chi connectivity index (χ0n) is 11.9. The van der Waals surface area contributed by atoms with Crippen LogP contribution in [0.4, 0.5) is 0 Å². The van der Waals surface area contributed by atoms with Crippen molar-refractivity contribution in [1.29, 1.82) is 0 Å². The largest absolute Gasteiger partial charge is 0.328 e. The molecule has 1 aliphatic heterocycles. The zero-order valence-corrected chi connectivity index (χ0v) is 11.9. The predicted octanol–water partition coefficient (Wildman–Crippen LogP) is 2.06. The molecule has 1 fully saturated rings. The molecule has 1 saturated heterocycles. The number of hydrogen-bond acceptors (Lipinski definition) is 1. The van der Waals surface area contributed by atoms with E-state index < -0.39 is 0 Å². The second-order valence-corrected chi connectivity index (χ2v) is 7.67. The Kier molecular flexibility index (Phi) is 2.99. The maximum Gasteiger partial charge on any atom is 0.101 e. The highest BCUT2D eigenvalue weighted by atomic mass is 15.3. The molecule has 0 radical (unpaired) electrons. The summed E-state index contributed by atoms with van der Waals surface area (Å²) in [5.74, 6) is 0. The highest BCUT2D eigenvalue weighted by Gasteiger charge is 2.52. The van der Waals surface area contributed by atoms with Crippen LogP contribution in [-0.4, -0.2) is 56.7 Å². The van der Waals surface area contributed by atoms with Crippen molar-refractivity contribution in [2.45, 2.75) is 33.7 Å². The molecule has 0 N–H and O–H groups in total. The molecule has 1 aliphatic rings. The van der Waals surface area contributed by atoms with Gasteiger partial charge in [-0.2, -0.15) is 0 Å². The summed E-state index contributed by atoms with van der Waals surface area (Å²) in [6.45, 7) is 12.1. The standard InChI is InChI=1S/C13H29N2/c1-12(2)9-14(5)10-13(3,4)11(12)15(6,7)8/h11H,9-10H2,1-8H3/q+1. The normalized spacial score (nSPS) is 28.0. The van der Waals surface area contributed by atoms with Gasteiger partial charge in [-0.3, -0.25) is 0 Å². The minimum absolute atomic E-state index is 0.384. The van der Waals surface area contributed by atoms with Crippen LogP contribution in [0.15, 0.2) is 0 Å². The number of rotatable bonds is 1. The average molecular weight is 213 g/mol. The molecular weight excluding hydrogens is 184 g/mol. The Morgan fingerprint density at radius 3 is 1.53 bits per heavy atom. The molecule has 2 nitrogen and oxygen atoms in total. The van der Waals surface area contributed by atoms with Gasteiger partial charge in [-0.1, -0.05) is 27.7 Å². The van der Waals surface area contributed by atoms with Crippen LogP contribution in [0.3, 0.4) is 0 Å². The van der Waals surface area contributed by atoms with Gasteiger partial charge in [0, 0.05) is 23.9 Å². The smallest absolute Gasteiger partial charge is 0.101 e. The van der Waals surface area contributed by atoms with Crippen molar-refractivity contribution < 1.29 is 4.48 Å². The number of quaternary nitrogens is 1. The summed E-state index contributed by atoms with van der Waals surface area (Å²) in [5.41, 5.74) is 0.767. The number of hydrogen-bond donors (Lipinski definition) is 0. The Morgan fingerprint density at radius 1 is 0.933 bits per heavy atom. The summed E-state index contributed by atoms with van der Waals surface area (Å²) in [7, 11) is 9.24. The van der Waals surface area contributed by atoms with E-state index >= 15 is 0 Å². The first-order valence-corrected chi connectivity index (χ1v) is 5.96. The third-order valence-electron chi connectivity index (χ3n) is 3.61. The molecule has 0 aromatic heterocycles. The van der Waals surface area contributed by atoms with Crippen molar-refractivity contribution in [2.24, 2.45) is 10.8 Å². The van der Waals surface area contributed by atoms with Crippen molar-refractivity contribution in [3.63, 3.8) is 0 Å². The molecule has 0 unspecified atom stereocenters. The van der Waals surface area contributed by atoms with Crippen LogP contribution in [0.2, 0.25) is 0 Å². The zero-order chi connectivity index (χ0) is 12.1. The Hall–Kier alpha value is -0.0800. The van der Waals surface area contributed by atoms with Crippen molar-refractivity contribution in [3.05, 3.63) is 0 Å². The van der Waals surface area contributed by atoms with Crippen LogP contribution in [0.1, 0.15) is 27.7 Å². The van der Waals surface area contributed by atoms with Crippen LogP contribution in [0, 0.1) is 10.8 Å². The van der Waals surface area contributed by atoms with Gasteiger partial charge in [0.25, 0.3) is 0 Å². The van der Waals surface area contributed by atoms with Gasteiger partial charge in [-0.15, -0.1) is 0 Å². The number of likely N-dealkylation sites (tertiary alicyclic amines) is 1. The van der Waals surface area contributed by atoms with Crippen molar-refractivity contribution in [2.75, 3.05) is 41.3 Å². The number of nitrogens with zero attached hydrogens (tertiary/aromatic N) is 2. The lowest BCUT2D eigenvalue weighted by atomic mass is 9.65. The highest BCUT2D eigenvalue weighted by Crippen LogP contribution is 2.44. The maximum atomic E-state index is 2.48. The summed E-state index contributed by atoms with van der Waals surface area (Å²) in [6.07, 6.45) is 0. The van der Waals surface area contributed by atoms with E-state index in [9.17, 15) is 0 Å². The van der Waals surface area contributed by atoms with Crippen LogP contribution < -0.4 is 0 Å². The quantitative estimate of drug-likeness (QED) is 0.603. The molecule has 15 heavy (non-hydrogen) atoms. The molecule has 0 aromatic carbocycles. The second-order valence-electron chi connectivity index (χ2n) is 7.67. The molecule has 0 spiro atoms. The van der Waals surface area contributed by atoms with Gasteiger partial charge in [0.1, 0.15) is 6.04 Å². The van der Waals surface area contributed by atoms with Crippen molar-refractivity contribution >= 4 is 0 Å². The summed E-state index contributed by atoms with van der Waals surface area (Å²) in [4.78, 5) is 2.48. The van der Waals surface area contributed by atoms with Gasteiger partial charge in [0.15, 0.2) is 0 Å². The molecule has 0 saturated carbocycles. The van der Waals surface area contributed by atoms with E-state index in [0.717, 1.165) is 4.48 Å². The topological polar surface area (TPSA) is 3.24 Å². The van der Waals surface area contributed by atoms with Gasteiger partial charge >= 0.3 is 0 Å². The van der Waals surface area contributed by atoms with Crippen LogP contribution in [0.25, 0.3) is 0 Å². The third-order valence-corrected chi connectivity index (χ3v) is 3.61. The monoisotopic (exact) mass is 213 g/mol. The number of piperidine rings is 1. The highest BCUT2D eigenvalue weighted by molar-refractivity contribution is 4.97. The van der Waals surface area contributed by atoms with Gasteiger partial charge in [0.05, 0.1) is 21.1 Å². The second kappa shape index (κ2) is 3.46. The van der Waals surface area contributed by atoms with Crippen LogP contribution >= 0.6 is 0 Å². The van der Waals surface area contributed by atoms with Gasteiger partial charge in [0.2, 0.25) is 0 Å². The van der Waals surface area contributed by atoms with Crippen molar-refractivity contribution in [1.82, 2.24) is 4.90 Å². The fraction of sp³-hybridized carbons (Fsp3) is 1.00. The third kappa shape index (κ3) is 2.54. The molecule has 0 amide bonds. The lowest BCUT2D eigenvalue weighted by molar-refractivity contribution is -0.912. The minimum atomic E-state index is 0.384. The van der Waals surface area contributed by atoms with Crippen molar-refractivity contribution in [3.8, 4) is 0 Å². The van der Waals surface area contributed by atoms with E-state index in [4.69, 9.17) is 0 Å². The molecule has 0 aromatic rings. The Bertz CT molecular complexity index is 217. The van der Waals surface area contributed by atoms with Gasteiger partial charge in [-0.05, 0) is 7.05 Å². The summed E-state index contributed by atoms with van der Waals surface area (Å²) >= 11 is 0. The molecule has 1 heterocycles. The summed E-state index contributed by atoms with van der Waals surface area (Å²) in [5, 5.41) is 0. The molecule has 90 valence electrons. The lowest BCUT2D eigenvalue weighted by Crippen LogP contribution is -2.67. The Morgan fingerprint density at radius 2 is 1.27 bits per heavy atom. The Labute approximate surface area is 95.8 Å². The summed E-state index contributed by atoms with van der Waals surface area (Å²) < 4.78 is 1.06.